The van der Waals surface area contributed by atoms with Crippen molar-refractivity contribution < 1.29 is 4.84 Å². The van der Waals surface area contributed by atoms with E-state index in [0.717, 1.165) is 29.6 Å². The lowest BCUT2D eigenvalue weighted by atomic mass is 10.2. The third-order valence-corrected chi connectivity index (χ3v) is 3.97. The summed E-state index contributed by atoms with van der Waals surface area (Å²) in [4.78, 5) is 10.3. The van der Waals surface area contributed by atoms with E-state index in [4.69, 9.17) is 4.84 Å². The Balaban J connectivity index is 1.27. The van der Waals surface area contributed by atoms with Gasteiger partial charge < -0.3 is 0 Å². The number of pyridine rings is 1. The first-order valence-electron chi connectivity index (χ1n) is 8.25. The number of nitrogens with one attached hydrogen (secondary N) is 1. The SMILES string of the molecule is C1=NN(CCc2ccccc2)NN1OCc1ccc2ccccc2n1. The van der Waals surface area contributed by atoms with Gasteiger partial charge in [0.2, 0.25) is 0 Å². The van der Waals surface area contributed by atoms with E-state index < -0.39 is 0 Å². The van der Waals surface area contributed by atoms with Crippen LogP contribution in [0.2, 0.25) is 0 Å². The summed E-state index contributed by atoms with van der Waals surface area (Å²) in [5.41, 5.74) is 6.18. The third-order valence-electron chi connectivity index (χ3n) is 3.97. The van der Waals surface area contributed by atoms with E-state index in [1.807, 2.05) is 48.5 Å². The summed E-state index contributed by atoms with van der Waals surface area (Å²) >= 11 is 0. The predicted octanol–water partition coefficient (Wildman–Crippen LogP) is 2.89. The van der Waals surface area contributed by atoms with Gasteiger partial charge >= 0.3 is 0 Å². The fourth-order valence-electron chi connectivity index (χ4n) is 2.65. The molecule has 0 fully saturated rings. The molecular formula is C19H19N5O. The second kappa shape index (κ2) is 7.29. The Hall–Kier alpha value is -2.96. The van der Waals surface area contributed by atoms with Crippen molar-refractivity contribution in [1.82, 2.24) is 20.8 Å². The topological polar surface area (TPSA) is 53.0 Å². The highest BCUT2D eigenvalue weighted by atomic mass is 16.7. The number of hydrogen-bond acceptors (Lipinski definition) is 6. The molecule has 0 aliphatic carbocycles. The molecule has 1 aliphatic heterocycles. The zero-order valence-corrected chi connectivity index (χ0v) is 13.7. The van der Waals surface area contributed by atoms with Crippen molar-refractivity contribution in [3.05, 3.63) is 78.0 Å². The molecule has 0 radical (unpaired) electrons. The summed E-state index contributed by atoms with van der Waals surface area (Å²) in [7, 11) is 0. The van der Waals surface area contributed by atoms with Crippen LogP contribution in [0, 0.1) is 0 Å². The van der Waals surface area contributed by atoms with E-state index in [0.29, 0.717) is 6.61 Å². The van der Waals surface area contributed by atoms with E-state index in [-0.39, 0.29) is 0 Å². The Morgan fingerprint density at radius 2 is 1.76 bits per heavy atom. The van der Waals surface area contributed by atoms with Crippen LogP contribution in [-0.2, 0) is 17.9 Å². The molecule has 126 valence electrons. The number of fused-ring (bicyclic) bond motifs is 1. The number of nitrogens with zero attached hydrogens (tertiary/aromatic N) is 4. The number of hydrogen-bond donors (Lipinski definition) is 1. The van der Waals surface area contributed by atoms with Crippen LogP contribution in [0.4, 0.5) is 0 Å². The Morgan fingerprint density at radius 3 is 2.68 bits per heavy atom. The number of benzene rings is 2. The predicted molar refractivity (Wildman–Crippen MR) is 96.9 cm³/mol. The van der Waals surface area contributed by atoms with Crippen LogP contribution in [0.5, 0.6) is 0 Å². The van der Waals surface area contributed by atoms with Crippen molar-refractivity contribution >= 4 is 17.2 Å². The average molecular weight is 333 g/mol. The van der Waals surface area contributed by atoms with Gasteiger partial charge in [-0.3, -0.25) is 4.98 Å². The second-order valence-electron chi connectivity index (χ2n) is 5.78. The standard InChI is InChI=1S/C19H19N5O/c1-2-6-16(7-3-1)12-13-23-20-15-24(22-23)25-14-18-11-10-17-8-4-5-9-19(17)21-18/h1-11,15,22H,12-14H2. The summed E-state index contributed by atoms with van der Waals surface area (Å²) in [5, 5.41) is 8.65. The maximum atomic E-state index is 5.69. The van der Waals surface area contributed by atoms with E-state index in [1.54, 1.807) is 11.5 Å². The fourth-order valence-corrected chi connectivity index (χ4v) is 2.65. The van der Waals surface area contributed by atoms with Gasteiger partial charge in [-0.05, 0) is 24.1 Å². The summed E-state index contributed by atoms with van der Waals surface area (Å²) in [5.74, 6) is 0. The number of hydrazone groups is 1. The molecule has 0 unspecified atom stereocenters. The monoisotopic (exact) mass is 333 g/mol. The van der Waals surface area contributed by atoms with E-state index in [9.17, 15) is 0 Å². The van der Waals surface area contributed by atoms with Crippen LogP contribution in [0.1, 0.15) is 11.3 Å². The molecule has 0 bridgehead atoms. The van der Waals surface area contributed by atoms with Crippen molar-refractivity contribution in [2.75, 3.05) is 6.54 Å². The minimum Gasteiger partial charge on any atom is -0.250 e. The maximum absolute atomic E-state index is 5.69. The number of para-hydroxylation sites is 1. The molecule has 1 aromatic heterocycles. The number of hydroxylamine groups is 1. The molecule has 1 aliphatic rings. The number of hydrazine groups is 2. The van der Waals surface area contributed by atoms with E-state index >= 15 is 0 Å². The second-order valence-corrected chi connectivity index (χ2v) is 5.78. The molecule has 0 amide bonds. The van der Waals surface area contributed by atoms with Gasteiger partial charge in [0.05, 0.1) is 17.8 Å². The molecule has 1 N–H and O–H groups in total. The number of aromatic nitrogens is 1. The van der Waals surface area contributed by atoms with Gasteiger partial charge in [0, 0.05) is 5.39 Å². The van der Waals surface area contributed by atoms with E-state index in [2.05, 4.69) is 33.8 Å². The average Bonchev–Trinajstić information content (AvgIpc) is 3.13. The highest BCUT2D eigenvalue weighted by Gasteiger charge is 2.14. The zero-order chi connectivity index (χ0) is 16.9. The zero-order valence-electron chi connectivity index (χ0n) is 13.7. The largest absolute Gasteiger partial charge is 0.250 e. The van der Waals surface area contributed by atoms with Crippen LogP contribution in [-0.4, -0.2) is 28.2 Å². The lowest BCUT2D eigenvalue weighted by molar-refractivity contribution is -0.170. The van der Waals surface area contributed by atoms with Crippen molar-refractivity contribution in [1.29, 1.82) is 0 Å². The summed E-state index contributed by atoms with van der Waals surface area (Å²) in [6.07, 6.45) is 2.53. The van der Waals surface area contributed by atoms with Gasteiger partial charge in [-0.25, -0.2) is 9.96 Å². The molecule has 0 spiro atoms. The molecule has 4 rings (SSSR count). The lowest BCUT2D eigenvalue weighted by Gasteiger charge is -2.19. The smallest absolute Gasteiger partial charge is 0.158 e. The first kappa shape index (κ1) is 15.6. The first-order valence-corrected chi connectivity index (χ1v) is 8.25. The minimum absolute atomic E-state index is 0.371. The van der Waals surface area contributed by atoms with Crippen LogP contribution >= 0.6 is 0 Å². The highest BCUT2D eigenvalue weighted by Crippen LogP contribution is 2.12. The molecule has 0 atom stereocenters. The van der Waals surface area contributed by atoms with Gasteiger partial charge in [0.1, 0.15) is 6.61 Å². The Labute approximate surface area is 146 Å². The van der Waals surface area contributed by atoms with Crippen LogP contribution in [0.3, 0.4) is 0 Å². The van der Waals surface area contributed by atoms with Crippen molar-refractivity contribution in [2.24, 2.45) is 5.10 Å². The van der Waals surface area contributed by atoms with Crippen LogP contribution < -0.4 is 5.53 Å². The molecule has 0 saturated carbocycles. The highest BCUT2D eigenvalue weighted by molar-refractivity contribution is 5.78. The molecule has 6 heteroatoms. The van der Waals surface area contributed by atoms with Gasteiger partial charge in [-0.15, -0.1) is 10.6 Å². The Kier molecular flexibility index (Phi) is 4.54. The maximum Gasteiger partial charge on any atom is 0.158 e. The number of rotatable bonds is 6. The Morgan fingerprint density at radius 1 is 0.920 bits per heavy atom. The van der Waals surface area contributed by atoms with Gasteiger partial charge in [-0.1, -0.05) is 54.6 Å². The molecule has 6 nitrogen and oxygen atoms in total. The molecule has 25 heavy (non-hydrogen) atoms. The van der Waals surface area contributed by atoms with Crippen molar-refractivity contribution in [3.63, 3.8) is 0 Å². The fraction of sp³-hybridized carbons (Fsp3) is 0.158. The van der Waals surface area contributed by atoms with E-state index in [1.165, 1.54) is 10.7 Å². The van der Waals surface area contributed by atoms with Crippen LogP contribution in [0.25, 0.3) is 10.9 Å². The molecule has 2 aromatic carbocycles. The van der Waals surface area contributed by atoms with Gasteiger partial charge in [0.15, 0.2) is 6.34 Å². The van der Waals surface area contributed by atoms with Crippen molar-refractivity contribution in [2.45, 2.75) is 13.0 Å². The first-order chi connectivity index (χ1) is 12.4. The third kappa shape index (κ3) is 3.93. The lowest BCUT2D eigenvalue weighted by Crippen LogP contribution is -2.41. The summed E-state index contributed by atoms with van der Waals surface area (Å²) in [6.45, 7) is 1.13. The summed E-state index contributed by atoms with van der Waals surface area (Å²) in [6, 6.07) is 22.4. The summed E-state index contributed by atoms with van der Waals surface area (Å²) < 4.78 is 0. The quantitative estimate of drug-likeness (QED) is 0.752. The molecule has 0 saturated heterocycles. The molecule has 2 heterocycles. The van der Waals surface area contributed by atoms with Gasteiger partial charge in [-0.2, -0.15) is 5.17 Å². The normalized spacial score (nSPS) is 13.8. The minimum atomic E-state index is 0.371. The van der Waals surface area contributed by atoms with Crippen molar-refractivity contribution in [3.8, 4) is 0 Å². The molecular weight excluding hydrogens is 314 g/mol. The molecule has 3 aromatic rings. The Bertz CT molecular complexity index is 868. The van der Waals surface area contributed by atoms with Gasteiger partial charge in [0.25, 0.3) is 0 Å². The van der Waals surface area contributed by atoms with Crippen LogP contribution in [0.15, 0.2) is 71.8 Å².